The van der Waals surface area contributed by atoms with E-state index in [1.54, 1.807) is 72.2 Å². The van der Waals surface area contributed by atoms with Crippen LogP contribution in [0, 0.1) is 23.5 Å². The summed E-state index contributed by atoms with van der Waals surface area (Å²) in [4.78, 5) is 31.1. The molecule has 64 heavy (non-hydrogen) atoms. The van der Waals surface area contributed by atoms with Crippen molar-refractivity contribution in [2.24, 2.45) is 11.8 Å². The molecule has 4 fully saturated rings. The van der Waals surface area contributed by atoms with Crippen LogP contribution in [0.3, 0.4) is 0 Å². The topological polar surface area (TPSA) is 99.5 Å². The van der Waals surface area contributed by atoms with Gasteiger partial charge in [0.1, 0.15) is 35.0 Å². The van der Waals surface area contributed by atoms with Crippen molar-refractivity contribution in [2.75, 3.05) is 13.2 Å². The molecule has 8 nitrogen and oxygen atoms in total. The van der Waals surface area contributed by atoms with Crippen molar-refractivity contribution in [1.82, 2.24) is 9.80 Å². The first-order chi connectivity index (χ1) is 30.6. The summed E-state index contributed by atoms with van der Waals surface area (Å²) in [6.45, 7) is 10.7. The van der Waals surface area contributed by atoms with Crippen molar-refractivity contribution in [3.05, 3.63) is 164 Å². The zero-order chi connectivity index (χ0) is 46.1. The van der Waals surface area contributed by atoms with Gasteiger partial charge in [-0.3, -0.25) is 9.59 Å². The zero-order valence-corrected chi connectivity index (χ0v) is 38.6. The Morgan fingerprint density at radius 2 is 1.02 bits per heavy atom. The number of nitrogens with zero attached hydrogens (tertiary/aromatic N) is 2. The van der Waals surface area contributed by atoms with Crippen LogP contribution in [0.15, 0.2) is 110 Å². The number of ether oxygens (including phenoxy) is 2. The smallest absolute Gasteiger partial charge is 0.255 e. The van der Waals surface area contributed by atoms with Gasteiger partial charge in [0.05, 0.1) is 47.4 Å². The highest BCUT2D eigenvalue weighted by Gasteiger charge is 2.56. The highest BCUT2D eigenvalue weighted by molar-refractivity contribution is 6.31. The number of morpholine rings is 2. The fourth-order valence-electron chi connectivity index (χ4n) is 9.24. The first-order valence-corrected chi connectivity index (χ1v) is 22.9. The fourth-order valence-corrected chi connectivity index (χ4v) is 9.87. The van der Waals surface area contributed by atoms with Gasteiger partial charge in [-0.25, -0.2) is 8.78 Å². The number of halogens is 6. The number of aliphatic hydroxyl groups is 2. The van der Waals surface area contributed by atoms with E-state index in [4.69, 9.17) is 55.9 Å². The van der Waals surface area contributed by atoms with E-state index < -0.39 is 59.2 Å². The number of carbonyl (C=O) groups excluding carboxylic acids is 2. The lowest BCUT2D eigenvalue weighted by molar-refractivity contribution is -0.204. The molecule has 2 amide bonds. The van der Waals surface area contributed by atoms with E-state index in [1.165, 1.54) is 24.3 Å². The summed E-state index contributed by atoms with van der Waals surface area (Å²) in [6, 6.07) is 21.4. The summed E-state index contributed by atoms with van der Waals surface area (Å²) in [7, 11) is 0. The molecule has 0 spiro atoms. The third-order valence-corrected chi connectivity index (χ3v) is 13.8. The molecule has 0 bridgehead atoms. The Morgan fingerprint density at radius 3 is 1.31 bits per heavy atom. The van der Waals surface area contributed by atoms with Crippen molar-refractivity contribution in [3.8, 4) is 0 Å². The molecule has 340 valence electrons. The molecule has 0 aromatic heterocycles. The molecule has 4 aromatic carbocycles. The summed E-state index contributed by atoms with van der Waals surface area (Å²) in [6.07, 6.45) is 6.34. The largest absolute Gasteiger partial charge is 0.394 e. The van der Waals surface area contributed by atoms with Gasteiger partial charge in [0.15, 0.2) is 0 Å². The van der Waals surface area contributed by atoms with E-state index in [0.29, 0.717) is 34.0 Å². The van der Waals surface area contributed by atoms with Crippen molar-refractivity contribution < 1.29 is 38.1 Å². The van der Waals surface area contributed by atoms with Crippen molar-refractivity contribution in [3.63, 3.8) is 0 Å². The maximum Gasteiger partial charge on any atom is 0.255 e. The number of aliphatic hydroxyl groups excluding tert-OH is 2. The molecule has 8 rings (SSSR count). The summed E-state index contributed by atoms with van der Waals surface area (Å²) in [5.74, 6) is -1.27. The highest BCUT2D eigenvalue weighted by Crippen LogP contribution is 2.52. The second kappa shape index (κ2) is 19.9. The zero-order valence-electron chi connectivity index (χ0n) is 35.6. The van der Waals surface area contributed by atoms with E-state index in [-0.39, 0.29) is 46.9 Å². The van der Waals surface area contributed by atoms with Crippen LogP contribution < -0.4 is 0 Å². The predicted octanol–water partition coefficient (Wildman–Crippen LogP) is 11.8. The molecule has 0 radical (unpaired) electrons. The fraction of sp³-hybridized carbons (Fsp3) is 0.400. The van der Waals surface area contributed by atoms with Gasteiger partial charge in [-0.2, -0.15) is 0 Å². The Balaban J connectivity index is 0.000000191. The summed E-state index contributed by atoms with van der Waals surface area (Å²) < 4.78 is 42.0. The molecule has 2 saturated carbocycles. The van der Waals surface area contributed by atoms with Crippen LogP contribution in [-0.2, 0) is 19.1 Å². The number of hydrogen-bond donors (Lipinski definition) is 2. The summed E-state index contributed by atoms with van der Waals surface area (Å²) in [5, 5.41) is 21.7. The maximum atomic E-state index is 14.5. The maximum absolute atomic E-state index is 14.5. The molecule has 2 aliphatic heterocycles. The van der Waals surface area contributed by atoms with Gasteiger partial charge in [0.25, 0.3) is 11.8 Å². The Hall–Kier alpha value is -3.84. The number of hydrogen-bond acceptors (Lipinski definition) is 6. The van der Waals surface area contributed by atoms with Crippen molar-refractivity contribution >= 4 is 58.2 Å². The number of rotatable bonds is 14. The van der Waals surface area contributed by atoms with E-state index in [9.17, 15) is 28.6 Å². The molecule has 0 unspecified atom stereocenters. The van der Waals surface area contributed by atoms with Gasteiger partial charge in [-0.05, 0) is 122 Å². The lowest BCUT2D eigenvalue weighted by atomic mass is 9.85. The molecule has 4 aliphatic rings. The van der Waals surface area contributed by atoms with E-state index in [0.717, 1.165) is 36.8 Å². The SMILES string of the molecule is C=CC[C@@]1(C)O[C@H](c2cccc(Cl)c2)[C@@H](c2ccc(Cl)c(F)c2)N([C@H](CO)C2CC2)C1=O.C=CC[C@]1(C)O[C@H](c2cccc(Cl)c2)[C@@H](c2ccc(Cl)c(F)c2)N([C@H](CO)C2CC2)C1=O. The van der Waals surface area contributed by atoms with Crippen LogP contribution in [0.1, 0.15) is 98.9 Å². The minimum Gasteiger partial charge on any atom is -0.394 e. The van der Waals surface area contributed by atoms with Crippen LogP contribution in [0.2, 0.25) is 20.1 Å². The van der Waals surface area contributed by atoms with Crippen LogP contribution in [-0.4, -0.2) is 68.3 Å². The van der Waals surface area contributed by atoms with Crippen LogP contribution in [0.4, 0.5) is 8.78 Å². The van der Waals surface area contributed by atoms with Gasteiger partial charge in [0, 0.05) is 22.9 Å². The Labute approximate surface area is 393 Å². The van der Waals surface area contributed by atoms with Crippen LogP contribution in [0.5, 0.6) is 0 Å². The van der Waals surface area contributed by atoms with Crippen molar-refractivity contribution in [1.29, 1.82) is 0 Å². The number of carbonyl (C=O) groups is 2. The predicted molar refractivity (Wildman–Crippen MR) is 246 cm³/mol. The molecular formula is C50H52Cl4F2N2O6. The van der Waals surface area contributed by atoms with E-state index in [2.05, 4.69) is 13.2 Å². The standard InChI is InChI=1S/2C25H26Cl2FNO3/c2*1-3-11-25(2)24(31)29(21(14-30)15-7-8-15)22(16-9-10-19(27)20(28)13-16)23(32-25)17-5-4-6-18(26)12-17/h2*3-6,9-10,12-13,15,21-23,30H,1,7-8,11,14H2,2H3/t21-,22-,23-,25+;21-,22-,23-,25-/m11/s1. The molecule has 2 N–H and O–H groups in total. The Bertz CT molecular complexity index is 2220. The normalized spacial score (nSPS) is 26.8. The minimum absolute atomic E-state index is 0.0000525. The van der Waals surface area contributed by atoms with Crippen LogP contribution >= 0.6 is 46.4 Å². The minimum atomic E-state index is -1.18. The highest BCUT2D eigenvalue weighted by atomic mass is 35.5. The lowest BCUT2D eigenvalue weighted by Crippen LogP contribution is -2.61. The van der Waals surface area contributed by atoms with E-state index in [1.807, 2.05) is 24.3 Å². The second-order valence-electron chi connectivity index (χ2n) is 17.5. The summed E-state index contributed by atoms with van der Waals surface area (Å²) >= 11 is 24.4. The van der Waals surface area contributed by atoms with E-state index >= 15 is 0 Å². The molecule has 2 saturated heterocycles. The lowest BCUT2D eigenvalue weighted by Gasteiger charge is -2.51. The third-order valence-electron chi connectivity index (χ3n) is 12.7. The monoisotopic (exact) mass is 954 g/mol. The first kappa shape index (κ1) is 48.1. The Kier molecular flexibility index (Phi) is 15.0. The van der Waals surface area contributed by atoms with Crippen LogP contribution in [0.25, 0.3) is 0 Å². The van der Waals surface area contributed by atoms with Gasteiger partial charge < -0.3 is 29.5 Å². The molecule has 2 heterocycles. The average molecular weight is 957 g/mol. The van der Waals surface area contributed by atoms with Crippen molar-refractivity contribution in [2.45, 2.75) is 99.9 Å². The first-order valence-electron chi connectivity index (χ1n) is 21.4. The molecule has 2 aliphatic carbocycles. The third kappa shape index (κ3) is 9.96. The molecule has 8 atom stereocenters. The summed E-state index contributed by atoms with van der Waals surface area (Å²) in [5.41, 5.74) is 0.253. The quantitative estimate of drug-likeness (QED) is 0.122. The molecule has 14 heteroatoms. The van der Waals surface area contributed by atoms with Gasteiger partial charge in [-0.1, -0.05) is 95.0 Å². The molecule has 4 aromatic rings. The number of benzene rings is 4. The molecular weight excluding hydrogens is 904 g/mol. The van der Waals surface area contributed by atoms with Gasteiger partial charge in [-0.15, -0.1) is 13.2 Å². The Morgan fingerprint density at radius 1 is 0.641 bits per heavy atom. The average Bonchev–Trinajstić information content (AvgIpc) is 4.21. The number of amides is 2. The van der Waals surface area contributed by atoms with Gasteiger partial charge >= 0.3 is 0 Å². The second-order valence-corrected chi connectivity index (χ2v) is 19.2. The van der Waals surface area contributed by atoms with Gasteiger partial charge in [0.2, 0.25) is 0 Å².